The minimum atomic E-state index is 0.268. The molecule has 0 aromatic carbocycles. The molecule has 17 heavy (non-hydrogen) atoms. The van der Waals surface area contributed by atoms with Crippen molar-refractivity contribution in [1.29, 1.82) is 0 Å². The molecule has 0 bridgehead atoms. The standard InChI is InChI=1S/C12H22N4O/c1-4-5-13-11-8-12(16-9-15-11)14-6-7-17-10(2)3/h8-10H,4-7H2,1-3H3,(H2,13,14,15,16). The monoisotopic (exact) mass is 238 g/mol. The van der Waals surface area contributed by atoms with Crippen LogP contribution < -0.4 is 10.6 Å². The molecule has 0 fully saturated rings. The van der Waals surface area contributed by atoms with Crippen LogP contribution in [0.3, 0.4) is 0 Å². The van der Waals surface area contributed by atoms with Crippen molar-refractivity contribution in [3.05, 3.63) is 12.4 Å². The highest BCUT2D eigenvalue weighted by molar-refractivity contribution is 5.46. The maximum atomic E-state index is 5.44. The number of hydrogen-bond donors (Lipinski definition) is 2. The predicted molar refractivity (Wildman–Crippen MR) is 70.4 cm³/mol. The summed E-state index contributed by atoms with van der Waals surface area (Å²) in [5, 5.41) is 6.42. The van der Waals surface area contributed by atoms with Gasteiger partial charge in [0.05, 0.1) is 12.7 Å². The van der Waals surface area contributed by atoms with E-state index in [9.17, 15) is 0 Å². The fourth-order valence-corrected chi connectivity index (χ4v) is 1.28. The molecule has 1 aromatic rings. The van der Waals surface area contributed by atoms with Crippen LogP contribution in [-0.2, 0) is 4.74 Å². The highest BCUT2D eigenvalue weighted by atomic mass is 16.5. The SMILES string of the molecule is CCCNc1cc(NCCOC(C)C)ncn1. The van der Waals surface area contributed by atoms with Gasteiger partial charge in [0.15, 0.2) is 0 Å². The zero-order valence-corrected chi connectivity index (χ0v) is 10.9. The Morgan fingerprint density at radius 1 is 1.18 bits per heavy atom. The second-order valence-electron chi connectivity index (χ2n) is 4.06. The molecule has 2 N–H and O–H groups in total. The van der Waals surface area contributed by atoms with E-state index >= 15 is 0 Å². The molecule has 0 spiro atoms. The van der Waals surface area contributed by atoms with Gasteiger partial charge in [-0.05, 0) is 20.3 Å². The summed E-state index contributed by atoms with van der Waals surface area (Å²) >= 11 is 0. The van der Waals surface area contributed by atoms with Crippen LogP contribution in [0.15, 0.2) is 12.4 Å². The van der Waals surface area contributed by atoms with Crippen LogP contribution in [0.5, 0.6) is 0 Å². The van der Waals surface area contributed by atoms with Crippen molar-refractivity contribution >= 4 is 11.6 Å². The first kappa shape index (κ1) is 13.7. The molecule has 0 saturated carbocycles. The molecule has 5 heteroatoms. The summed E-state index contributed by atoms with van der Waals surface area (Å²) in [6.45, 7) is 8.53. The highest BCUT2D eigenvalue weighted by Gasteiger charge is 1.98. The van der Waals surface area contributed by atoms with E-state index in [4.69, 9.17) is 4.74 Å². The zero-order valence-electron chi connectivity index (χ0n) is 10.9. The molecule has 1 aromatic heterocycles. The molecule has 0 radical (unpaired) electrons. The van der Waals surface area contributed by atoms with Gasteiger partial charge in [-0.3, -0.25) is 0 Å². The third-order valence-electron chi connectivity index (χ3n) is 2.08. The van der Waals surface area contributed by atoms with Gasteiger partial charge < -0.3 is 15.4 Å². The van der Waals surface area contributed by atoms with E-state index in [1.165, 1.54) is 0 Å². The normalized spacial score (nSPS) is 10.6. The quantitative estimate of drug-likeness (QED) is 0.679. The van der Waals surface area contributed by atoms with E-state index in [0.29, 0.717) is 6.61 Å². The number of nitrogens with zero attached hydrogens (tertiary/aromatic N) is 2. The second kappa shape index (κ2) is 7.84. The third kappa shape index (κ3) is 6.06. The Morgan fingerprint density at radius 2 is 1.82 bits per heavy atom. The lowest BCUT2D eigenvalue weighted by molar-refractivity contribution is 0.0870. The topological polar surface area (TPSA) is 59.1 Å². The molecule has 0 saturated heterocycles. The number of aromatic nitrogens is 2. The number of hydrogen-bond acceptors (Lipinski definition) is 5. The minimum absolute atomic E-state index is 0.268. The van der Waals surface area contributed by atoms with Crippen LogP contribution in [0, 0.1) is 0 Å². The van der Waals surface area contributed by atoms with Gasteiger partial charge >= 0.3 is 0 Å². The molecule has 1 heterocycles. The van der Waals surface area contributed by atoms with Crippen molar-refractivity contribution < 1.29 is 4.74 Å². The Balaban J connectivity index is 2.32. The zero-order chi connectivity index (χ0) is 12.5. The summed E-state index contributed by atoms with van der Waals surface area (Å²) in [6, 6.07) is 1.91. The van der Waals surface area contributed by atoms with Gasteiger partial charge in [0.2, 0.25) is 0 Å². The smallest absolute Gasteiger partial charge is 0.131 e. The van der Waals surface area contributed by atoms with Crippen LogP contribution in [0.25, 0.3) is 0 Å². The van der Waals surface area contributed by atoms with Crippen molar-refractivity contribution in [1.82, 2.24) is 9.97 Å². The maximum Gasteiger partial charge on any atom is 0.131 e. The lowest BCUT2D eigenvalue weighted by Gasteiger charge is -2.10. The molecular weight excluding hydrogens is 216 g/mol. The fourth-order valence-electron chi connectivity index (χ4n) is 1.28. The van der Waals surface area contributed by atoms with E-state index < -0.39 is 0 Å². The first-order valence-electron chi connectivity index (χ1n) is 6.13. The summed E-state index contributed by atoms with van der Waals surface area (Å²) < 4.78 is 5.44. The van der Waals surface area contributed by atoms with Gasteiger partial charge in [0, 0.05) is 19.2 Å². The molecule has 1 rings (SSSR count). The van der Waals surface area contributed by atoms with Gasteiger partial charge in [-0.15, -0.1) is 0 Å². The molecule has 0 aliphatic rings. The van der Waals surface area contributed by atoms with Crippen LogP contribution in [0.1, 0.15) is 27.2 Å². The van der Waals surface area contributed by atoms with Crippen molar-refractivity contribution in [2.24, 2.45) is 0 Å². The molecule has 0 amide bonds. The average Bonchev–Trinajstić information content (AvgIpc) is 2.32. The third-order valence-corrected chi connectivity index (χ3v) is 2.08. The van der Waals surface area contributed by atoms with Crippen LogP contribution in [-0.4, -0.2) is 35.8 Å². The second-order valence-corrected chi connectivity index (χ2v) is 4.06. The van der Waals surface area contributed by atoms with E-state index in [-0.39, 0.29) is 6.10 Å². The molecule has 96 valence electrons. The summed E-state index contributed by atoms with van der Waals surface area (Å²) in [7, 11) is 0. The Morgan fingerprint density at radius 3 is 2.41 bits per heavy atom. The summed E-state index contributed by atoms with van der Waals surface area (Å²) in [5.74, 6) is 1.68. The Labute approximate surface area is 103 Å². The minimum Gasteiger partial charge on any atom is -0.377 e. The van der Waals surface area contributed by atoms with Crippen molar-refractivity contribution in [3.8, 4) is 0 Å². The van der Waals surface area contributed by atoms with E-state index in [0.717, 1.165) is 31.1 Å². The van der Waals surface area contributed by atoms with E-state index in [1.807, 2.05) is 19.9 Å². The number of ether oxygens (including phenoxy) is 1. The van der Waals surface area contributed by atoms with Crippen molar-refractivity contribution in [2.45, 2.75) is 33.3 Å². The van der Waals surface area contributed by atoms with Crippen molar-refractivity contribution in [2.75, 3.05) is 30.3 Å². The molecule has 0 unspecified atom stereocenters. The molecule has 0 atom stereocenters. The number of anilines is 2. The molecular formula is C12H22N4O. The Bertz CT molecular complexity index is 317. The first-order valence-corrected chi connectivity index (χ1v) is 6.13. The van der Waals surface area contributed by atoms with Crippen LogP contribution in [0.2, 0.25) is 0 Å². The summed E-state index contributed by atoms with van der Waals surface area (Å²) in [5.41, 5.74) is 0. The first-order chi connectivity index (χ1) is 8.22. The van der Waals surface area contributed by atoms with Crippen LogP contribution in [0.4, 0.5) is 11.6 Å². The molecule has 0 aliphatic carbocycles. The van der Waals surface area contributed by atoms with E-state index in [2.05, 4.69) is 27.5 Å². The van der Waals surface area contributed by atoms with Gasteiger partial charge in [-0.1, -0.05) is 6.92 Å². The lowest BCUT2D eigenvalue weighted by atomic mass is 10.4. The predicted octanol–water partition coefficient (Wildman–Crippen LogP) is 2.14. The summed E-state index contributed by atoms with van der Waals surface area (Å²) in [4.78, 5) is 8.29. The summed E-state index contributed by atoms with van der Waals surface area (Å²) in [6.07, 6.45) is 2.91. The molecule has 0 aliphatic heterocycles. The van der Waals surface area contributed by atoms with Gasteiger partial charge in [0.25, 0.3) is 0 Å². The highest BCUT2D eigenvalue weighted by Crippen LogP contribution is 2.07. The van der Waals surface area contributed by atoms with Gasteiger partial charge in [0.1, 0.15) is 18.0 Å². The largest absolute Gasteiger partial charge is 0.377 e. The Hall–Kier alpha value is -1.36. The van der Waals surface area contributed by atoms with E-state index in [1.54, 1.807) is 6.33 Å². The van der Waals surface area contributed by atoms with Gasteiger partial charge in [-0.25, -0.2) is 9.97 Å². The number of nitrogens with one attached hydrogen (secondary N) is 2. The maximum absolute atomic E-state index is 5.44. The molecule has 5 nitrogen and oxygen atoms in total. The van der Waals surface area contributed by atoms with Crippen molar-refractivity contribution in [3.63, 3.8) is 0 Å². The number of rotatable bonds is 8. The Kier molecular flexibility index (Phi) is 6.32. The fraction of sp³-hybridized carbons (Fsp3) is 0.667. The van der Waals surface area contributed by atoms with Crippen LogP contribution >= 0.6 is 0 Å². The van der Waals surface area contributed by atoms with Gasteiger partial charge in [-0.2, -0.15) is 0 Å². The average molecular weight is 238 g/mol. The lowest BCUT2D eigenvalue weighted by Crippen LogP contribution is -2.14.